The summed E-state index contributed by atoms with van der Waals surface area (Å²) < 4.78 is 0. The second-order valence-corrected chi connectivity index (χ2v) is 6.51. The topological polar surface area (TPSA) is 26.0 Å². The molecule has 0 unspecified atom stereocenters. The third kappa shape index (κ3) is 3.75. The number of rotatable bonds is 6. The fourth-order valence-corrected chi connectivity index (χ4v) is 3.86. The van der Waals surface area contributed by atoms with E-state index in [4.69, 9.17) is 5.73 Å². The molecule has 1 aliphatic rings. The molecule has 94 valence electrons. The van der Waals surface area contributed by atoms with E-state index in [9.17, 15) is 0 Å². The fraction of sp³-hybridized carbons (Fsp3) is 0.600. The predicted molar refractivity (Wildman–Crippen MR) is 77.4 cm³/mol. The van der Waals surface area contributed by atoms with Gasteiger partial charge in [-0.2, -0.15) is 11.8 Å². The van der Waals surface area contributed by atoms with Gasteiger partial charge in [-0.25, -0.2) is 0 Å². The summed E-state index contributed by atoms with van der Waals surface area (Å²) in [5.74, 6) is 2.44. The standard InChI is InChI=1S/C15H23NS/c1-12-7-13(2)9-14(8-12)10-17-11-15(3-4-15)5-6-16/h7-9H,3-6,10-11,16H2,1-2H3. The Morgan fingerprint density at radius 2 is 1.82 bits per heavy atom. The van der Waals surface area contributed by atoms with Gasteiger partial charge in [-0.3, -0.25) is 0 Å². The minimum absolute atomic E-state index is 0.609. The molecule has 1 aromatic rings. The van der Waals surface area contributed by atoms with Crippen LogP contribution in [0.4, 0.5) is 0 Å². The van der Waals surface area contributed by atoms with Crippen molar-refractivity contribution in [1.29, 1.82) is 0 Å². The van der Waals surface area contributed by atoms with E-state index in [1.165, 1.54) is 41.7 Å². The van der Waals surface area contributed by atoms with E-state index in [0.717, 1.165) is 12.3 Å². The lowest BCUT2D eigenvalue weighted by molar-refractivity contribution is 0.537. The molecular weight excluding hydrogens is 226 g/mol. The summed E-state index contributed by atoms with van der Waals surface area (Å²) in [5, 5.41) is 0. The molecule has 0 amide bonds. The van der Waals surface area contributed by atoms with Crippen LogP contribution in [0.15, 0.2) is 18.2 Å². The van der Waals surface area contributed by atoms with Gasteiger partial charge in [0.15, 0.2) is 0 Å². The van der Waals surface area contributed by atoms with Crippen molar-refractivity contribution in [3.05, 3.63) is 34.9 Å². The number of hydrogen-bond acceptors (Lipinski definition) is 2. The lowest BCUT2D eigenvalue weighted by Gasteiger charge is -2.13. The van der Waals surface area contributed by atoms with Crippen molar-refractivity contribution in [2.45, 2.75) is 38.9 Å². The molecule has 17 heavy (non-hydrogen) atoms. The zero-order chi connectivity index (χ0) is 12.3. The van der Waals surface area contributed by atoms with Gasteiger partial charge in [0.2, 0.25) is 0 Å². The highest BCUT2D eigenvalue weighted by Gasteiger charge is 2.41. The van der Waals surface area contributed by atoms with Crippen LogP contribution < -0.4 is 5.73 Å². The summed E-state index contributed by atoms with van der Waals surface area (Å²) >= 11 is 2.08. The highest BCUT2D eigenvalue weighted by molar-refractivity contribution is 7.98. The average molecular weight is 249 g/mol. The number of nitrogens with two attached hydrogens (primary N) is 1. The van der Waals surface area contributed by atoms with Crippen LogP contribution in [-0.4, -0.2) is 12.3 Å². The van der Waals surface area contributed by atoms with Gasteiger partial charge in [-0.15, -0.1) is 0 Å². The molecule has 0 aromatic heterocycles. The first-order valence-corrected chi connectivity index (χ1v) is 7.64. The van der Waals surface area contributed by atoms with Gasteiger partial charge in [0, 0.05) is 5.75 Å². The monoisotopic (exact) mass is 249 g/mol. The molecule has 1 fully saturated rings. The van der Waals surface area contributed by atoms with E-state index in [-0.39, 0.29) is 0 Å². The lowest BCUT2D eigenvalue weighted by atomic mass is 10.1. The van der Waals surface area contributed by atoms with Crippen molar-refractivity contribution in [2.75, 3.05) is 12.3 Å². The van der Waals surface area contributed by atoms with Crippen LogP contribution in [0.2, 0.25) is 0 Å². The van der Waals surface area contributed by atoms with Crippen molar-refractivity contribution >= 4 is 11.8 Å². The Morgan fingerprint density at radius 3 is 2.35 bits per heavy atom. The Morgan fingerprint density at radius 1 is 1.18 bits per heavy atom. The smallest absolute Gasteiger partial charge is 0.0184 e. The third-order valence-corrected chi connectivity index (χ3v) is 4.94. The molecule has 0 bridgehead atoms. The van der Waals surface area contributed by atoms with Crippen molar-refractivity contribution in [3.8, 4) is 0 Å². The molecule has 1 aliphatic carbocycles. The molecule has 0 radical (unpaired) electrons. The maximum Gasteiger partial charge on any atom is 0.0184 e. The molecule has 1 aromatic carbocycles. The number of benzene rings is 1. The molecule has 0 spiro atoms. The molecule has 1 nitrogen and oxygen atoms in total. The van der Waals surface area contributed by atoms with Crippen LogP contribution in [0.1, 0.15) is 36.0 Å². The first kappa shape index (κ1) is 13.0. The number of hydrogen-bond donors (Lipinski definition) is 1. The van der Waals surface area contributed by atoms with Crippen LogP contribution in [0.25, 0.3) is 0 Å². The van der Waals surface area contributed by atoms with Gasteiger partial charge in [0.25, 0.3) is 0 Å². The van der Waals surface area contributed by atoms with E-state index in [2.05, 4.69) is 43.8 Å². The first-order valence-electron chi connectivity index (χ1n) is 6.49. The van der Waals surface area contributed by atoms with Gasteiger partial charge in [0.05, 0.1) is 0 Å². The molecular formula is C15H23NS. The molecule has 2 heteroatoms. The molecule has 2 rings (SSSR count). The van der Waals surface area contributed by atoms with Crippen molar-refractivity contribution in [1.82, 2.24) is 0 Å². The minimum Gasteiger partial charge on any atom is -0.330 e. The Balaban J connectivity index is 1.82. The van der Waals surface area contributed by atoms with Crippen molar-refractivity contribution < 1.29 is 0 Å². The fourth-order valence-electron chi connectivity index (χ4n) is 2.49. The predicted octanol–water partition coefficient (Wildman–Crippen LogP) is 3.67. The highest BCUT2D eigenvalue weighted by Crippen LogP contribution is 2.50. The van der Waals surface area contributed by atoms with Gasteiger partial charge < -0.3 is 5.73 Å². The minimum atomic E-state index is 0.609. The second-order valence-electron chi connectivity index (χ2n) is 5.53. The molecule has 0 saturated heterocycles. The van der Waals surface area contributed by atoms with Gasteiger partial charge in [-0.1, -0.05) is 29.3 Å². The molecule has 2 N–H and O–H groups in total. The van der Waals surface area contributed by atoms with Gasteiger partial charge in [0.1, 0.15) is 0 Å². The summed E-state index contributed by atoms with van der Waals surface area (Å²) in [5.41, 5.74) is 10.5. The Labute approximate surface area is 109 Å². The van der Waals surface area contributed by atoms with E-state index in [1.807, 2.05) is 0 Å². The number of thioether (sulfide) groups is 1. The third-order valence-electron chi connectivity index (χ3n) is 3.59. The summed E-state index contributed by atoms with van der Waals surface area (Å²) in [6, 6.07) is 6.86. The van der Waals surface area contributed by atoms with E-state index < -0.39 is 0 Å². The van der Waals surface area contributed by atoms with Crippen LogP contribution in [0.3, 0.4) is 0 Å². The molecule has 0 atom stereocenters. The largest absolute Gasteiger partial charge is 0.330 e. The number of aryl methyl sites for hydroxylation is 2. The SMILES string of the molecule is Cc1cc(C)cc(CSCC2(CCN)CC2)c1. The maximum absolute atomic E-state index is 5.67. The zero-order valence-electron chi connectivity index (χ0n) is 11.0. The summed E-state index contributed by atoms with van der Waals surface area (Å²) in [4.78, 5) is 0. The quantitative estimate of drug-likeness (QED) is 0.832. The van der Waals surface area contributed by atoms with Crippen LogP contribution in [0, 0.1) is 19.3 Å². The maximum atomic E-state index is 5.67. The highest BCUT2D eigenvalue weighted by atomic mass is 32.2. The Hall–Kier alpha value is -0.470. The van der Waals surface area contributed by atoms with Crippen LogP contribution in [0.5, 0.6) is 0 Å². The normalized spacial score (nSPS) is 17.1. The van der Waals surface area contributed by atoms with Gasteiger partial charge in [-0.05, 0) is 56.4 Å². The lowest BCUT2D eigenvalue weighted by Crippen LogP contribution is -2.11. The van der Waals surface area contributed by atoms with E-state index in [1.54, 1.807) is 0 Å². The van der Waals surface area contributed by atoms with Gasteiger partial charge >= 0.3 is 0 Å². The Bertz CT molecular complexity index is 362. The van der Waals surface area contributed by atoms with E-state index in [0.29, 0.717) is 5.41 Å². The first-order chi connectivity index (χ1) is 8.13. The summed E-state index contributed by atoms with van der Waals surface area (Å²) in [7, 11) is 0. The zero-order valence-corrected chi connectivity index (χ0v) is 11.8. The molecule has 0 aliphatic heterocycles. The van der Waals surface area contributed by atoms with Crippen molar-refractivity contribution in [2.24, 2.45) is 11.1 Å². The summed E-state index contributed by atoms with van der Waals surface area (Å²) in [6.07, 6.45) is 4.00. The summed E-state index contributed by atoms with van der Waals surface area (Å²) in [6.45, 7) is 5.21. The Kier molecular flexibility index (Phi) is 4.16. The molecule has 1 saturated carbocycles. The van der Waals surface area contributed by atoms with Crippen LogP contribution >= 0.6 is 11.8 Å². The van der Waals surface area contributed by atoms with Crippen LogP contribution in [-0.2, 0) is 5.75 Å². The molecule has 0 heterocycles. The second kappa shape index (κ2) is 5.45. The van der Waals surface area contributed by atoms with E-state index >= 15 is 0 Å². The average Bonchev–Trinajstić information content (AvgIpc) is 2.97. The van der Waals surface area contributed by atoms with Crippen molar-refractivity contribution in [3.63, 3.8) is 0 Å².